The first-order valence-electron chi connectivity index (χ1n) is 5.48. The van der Waals surface area contributed by atoms with Crippen molar-refractivity contribution in [2.75, 3.05) is 6.54 Å². The smallest absolute Gasteiger partial charge is 0.322 e. The van der Waals surface area contributed by atoms with Gasteiger partial charge in [0.05, 0.1) is 4.90 Å². The van der Waals surface area contributed by atoms with Crippen LogP contribution in [0.3, 0.4) is 0 Å². The van der Waals surface area contributed by atoms with Crippen LogP contribution in [0.4, 0.5) is 0 Å². The molecule has 1 aliphatic heterocycles. The molecule has 0 aliphatic carbocycles. The number of aliphatic carboxylic acids is 1. The summed E-state index contributed by atoms with van der Waals surface area (Å²) in [6.07, 6.45) is 0.140. The largest absolute Gasteiger partial charge is 0.480 e. The topological polar surface area (TPSA) is 101 Å². The third-order valence-corrected chi connectivity index (χ3v) is 4.81. The van der Waals surface area contributed by atoms with Crippen LogP contribution in [0.25, 0.3) is 0 Å². The molecule has 1 aromatic carbocycles. The first kappa shape index (κ1) is 13.0. The first-order chi connectivity index (χ1) is 8.43. The summed E-state index contributed by atoms with van der Waals surface area (Å²) in [5.41, 5.74) is 5.66. The molecule has 1 fully saturated rings. The van der Waals surface area contributed by atoms with Crippen molar-refractivity contribution in [1.82, 2.24) is 4.31 Å². The van der Waals surface area contributed by atoms with Gasteiger partial charge in [-0.25, -0.2) is 8.42 Å². The van der Waals surface area contributed by atoms with Crippen molar-refractivity contribution in [3.05, 3.63) is 30.3 Å². The summed E-state index contributed by atoms with van der Waals surface area (Å²) in [5.74, 6) is -1.16. The predicted octanol–water partition coefficient (Wildman–Crippen LogP) is -0.138. The van der Waals surface area contributed by atoms with Crippen molar-refractivity contribution < 1.29 is 18.3 Å². The highest BCUT2D eigenvalue weighted by Gasteiger charge is 2.42. The lowest BCUT2D eigenvalue weighted by atomic mass is 10.2. The fourth-order valence-corrected chi connectivity index (χ4v) is 3.73. The van der Waals surface area contributed by atoms with E-state index < -0.39 is 28.1 Å². The van der Waals surface area contributed by atoms with Crippen molar-refractivity contribution in [2.24, 2.45) is 5.73 Å². The Morgan fingerprint density at radius 3 is 2.50 bits per heavy atom. The van der Waals surface area contributed by atoms with Crippen LogP contribution in [0, 0.1) is 0 Å². The van der Waals surface area contributed by atoms with E-state index >= 15 is 0 Å². The summed E-state index contributed by atoms with van der Waals surface area (Å²) in [6, 6.07) is 6.26. The SMILES string of the molecule is N[C@@H]1C[C@@H](C(=O)O)N(S(=O)(=O)c2ccccc2)C1. The van der Waals surface area contributed by atoms with Crippen LogP contribution in [0.5, 0.6) is 0 Å². The zero-order valence-corrected chi connectivity index (χ0v) is 10.4. The second-order valence-corrected chi connectivity index (χ2v) is 6.13. The van der Waals surface area contributed by atoms with Gasteiger partial charge in [-0.1, -0.05) is 18.2 Å². The quantitative estimate of drug-likeness (QED) is 0.796. The third kappa shape index (κ3) is 2.24. The highest BCUT2D eigenvalue weighted by Crippen LogP contribution is 2.25. The van der Waals surface area contributed by atoms with E-state index in [2.05, 4.69) is 0 Å². The van der Waals surface area contributed by atoms with E-state index in [1.165, 1.54) is 12.1 Å². The lowest BCUT2D eigenvalue weighted by Gasteiger charge is -2.20. The van der Waals surface area contributed by atoms with Crippen LogP contribution in [0.15, 0.2) is 35.2 Å². The van der Waals surface area contributed by atoms with Crippen LogP contribution in [0.1, 0.15) is 6.42 Å². The summed E-state index contributed by atoms with van der Waals surface area (Å²) in [4.78, 5) is 11.2. The Morgan fingerprint density at radius 1 is 1.33 bits per heavy atom. The fraction of sp³-hybridized carbons (Fsp3) is 0.364. The minimum atomic E-state index is -3.79. The zero-order chi connectivity index (χ0) is 13.3. The predicted molar refractivity (Wildman–Crippen MR) is 64.4 cm³/mol. The molecule has 0 aromatic heterocycles. The van der Waals surface area contributed by atoms with Crippen molar-refractivity contribution in [1.29, 1.82) is 0 Å². The van der Waals surface area contributed by atoms with Gasteiger partial charge in [-0.3, -0.25) is 4.79 Å². The second-order valence-electron chi connectivity index (χ2n) is 4.24. The highest BCUT2D eigenvalue weighted by atomic mass is 32.2. The number of nitrogens with zero attached hydrogens (tertiary/aromatic N) is 1. The van der Waals surface area contributed by atoms with Crippen molar-refractivity contribution in [3.8, 4) is 0 Å². The van der Waals surface area contributed by atoms with Gasteiger partial charge in [0, 0.05) is 12.6 Å². The minimum Gasteiger partial charge on any atom is -0.480 e. The molecule has 0 unspecified atom stereocenters. The van der Waals surface area contributed by atoms with Crippen LogP contribution in [0.2, 0.25) is 0 Å². The van der Waals surface area contributed by atoms with Crippen LogP contribution in [-0.2, 0) is 14.8 Å². The third-order valence-electron chi connectivity index (χ3n) is 2.92. The van der Waals surface area contributed by atoms with E-state index in [0.29, 0.717) is 0 Å². The van der Waals surface area contributed by atoms with Crippen LogP contribution >= 0.6 is 0 Å². The molecule has 2 rings (SSSR count). The molecule has 1 saturated heterocycles. The van der Waals surface area contributed by atoms with Gasteiger partial charge in [-0.15, -0.1) is 0 Å². The molecule has 18 heavy (non-hydrogen) atoms. The Kier molecular flexibility index (Phi) is 3.38. The Morgan fingerprint density at radius 2 is 1.94 bits per heavy atom. The molecule has 1 aromatic rings. The average Bonchev–Trinajstić information content (AvgIpc) is 2.73. The molecule has 0 spiro atoms. The molecule has 3 N–H and O–H groups in total. The van der Waals surface area contributed by atoms with E-state index in [-0.39, 0.29) is 17.9 Å². The zero-order valence-electron chi connectivity index (χ0n) is 9.56. The Bertz CT molecular complexity index is 543. The maximum atomic E-state index is 12.3. The Hall–Kier alpha value is -1.44. The van der Waals surface area contributed by atoms with Crippen LogP contribution in [-0.4, -0.2) is 42.4 Å². The lowest BCUT2D eigenvalue weighted by Crippen LogP contribution is -2.40. The summed E-state index contributed by atoms with van der Waals surface area (Å²) >= 11 is 0. The number of benzene rings is 1. The maximum absolute atomic E-state index is 12.3. The molecule has 0 saturated carbocycles. The average molecular weight is 270 g/mol. The lowest BCUT2D eigenvalue weighted by molar-refractivity contribution is -0.140. The van der Waals surface area contributed by atoms with E-state index in [1.807, 2.05) is 0 Å². The van der Waals surface area contributed by atoms with Gasteiger partial charge in [0.1, 0.15) is 6.04 Å². The molecule has 98 valence electrons. The Balaban J connectivity index is 2.38. The number of carboxylic acid groups (broad SMARTS) is 1. The molecule has 1 aliphatic rings. The standard InChI is InChI=1S/C11H14N2O4S/c12-8-6-10(11(14)15)13(7-8)18(16,17)9-4-2-1-3-5-9/h1-5,8,10H,6-7,12H2,(H,14,15)/t8-,10+/m1/s1. The number of nitrogens with two attached hydrogens (primary N) is 1. The molecule has 0 amide bonds. The molecule has 1 heterocycles. The van der Waals surface area contributed by atoms with Gasteiger partial charge in [0.2, 0.25) is 10.0 Å². The monoisotopic (exact) mass is 270 g/mol. The summed E-state index contributed by atoms with van der Waals surface area (Å²) < 4.78 is 25.6. The summed E-state index contributed by atoms with van der Waals surface area (Å²) in [7, 11) is -3.79. The first-order valence-corrected chi connectivity index (χ1v) is 6.92. The van der Waals surface area contributed by atoms with E-state index in [1.54, 1.807) is 18.2 Å². The fourth-order valence-electron chi connectivity index (χ4n) is 2.05. The molecule has 0 radical (unpaired) electrons. The van der Waals surface area contributed by atoms with Crippen molar-refractivity contribution >= 4 is 16.0 Å². The number of rotatable bonds is 3. The summed E-state index contributed by atoms with van der Waals surface area (Å²) in [5, 5.41) is 9.05. The number of carboxylic acids is 1. The number of hydrogen-bond acceptors (Lipinski definition) is 4. The van der Waals surface area contributed by atoms with Gasteiger partial charge in [0.25, 0.3) is 0 Å². The second kappa shape index (κ2) is 4.68. The molecule has 6 nitrogen and oxygen atoms in total. The molecular formula is C11H14N2O4S. The molecule has 7 heteroatoms. The molecular weight excluding hydrogens is 256 g/mol. The maximum Gasteiger partial charge on any atom is 0.322 e. The van der Waals surface area contributed by atoms with E-state index in [9.17, 15) is 13.2 Å². The minimum absolute atomic E-state index is 0.0359. The number of hydrogen-bond donors (Lipinski definition) is 2. The molecule has 2 atom stereocenters. The normalized spacial score (nSPS) is 25.2. The van der Waals surface area contributed by atoms with Crippen LogP contribution < -0.4 is 5.73 Å². The van der Waals surface area contributed by atoms with Gasteiger partial charge in [0.15, 0.2) is 0 Å². The van der Waals surface area contributed by atoms with E-state index in [4.69, 9.17) is 10.8 Å². The number of carbonyl (C=O) groups is 1. The highest BCUT2D eigenvalue weighted by molar-refractivity contribution is 7.89. The molecule has 0 bridgehead atoms. The van der Waals surface area contributed by atoms with Gasteiger partial charge < -0.3 is 10.8 Å². The van der Waals surface area contributed by atoms with Crippen molar-refractivity contribution in [3.63, 3.8) is 0 Å². The van der Waals surface area contributed by atoms with Crippen molar-refractivity contribution in [2.45, 2.75) is 23.4 Å². The number of sulfonamides is 1. The van der Waals surface area contributed by atoms with Gasteiger partial charge in [-0.05, 0) is 18.6 Å². The van der Waals surface area contributed by atoms with E-state index in [0.717, 1.165) is 4.31 Å². The summed E-state index contributed by atoms with van der Waals surface area (Å²) in [6.45, 7) is 0.0359. The van der Waals surface area contributed by atoms with Gasteiger partial charge in [-0.2, -0.15) is 4.31 Å². The Labute approximate surface area is 105 Å². The van der Waals surface area contributed by atoms with Gasteiger partial charge >= 0.3 is 5.97 Å².